The Hall–Kier alpha value is -1.28. The quantitative estimate of drug-likeness (QED) is 0.844. The van der Waals surface area contributed by atoms with Crippen molar-refractivity contribution in [2.75, 3.05) is 19.8 Å². The fourth-order valence-electron chi connectivity index (χ4n) is 1.17. The minimum absolute atomic E-state index is 0.127. The normalized spacial score (nSPS) is 11.9. The fourth-order valence-corrected chi connectivity index (χ4v) is 1.38. The summed E-state index contributed by atoms with van der Waals surface area (Å²) >= 11 is 5.84. The number of rotatable bonds is 6. The Morgan fingerprint density at radius 3 is 2.82 bits per heavy atom. The van der Waals surface area contributed by atoms with Gasteiger partial charge in [-0.25, -0.2) is 0 Å². The molecule has 5 heteroatoms. The number of hydrogen-bond acceptors (Lipinski definition) is 4. The van der Waals surface area contributed by atoms with Crippen LogP contribution in [0, 0.1) is 11.3 Å². The van der Waals surface area contributed by atoms with Gasteiger partial charge in [0.05, 0.1) is 17.2 Å². The number of hydrogen-bond donors (Lipinski definition) is 1. The number of nitriles is 1. The summed E-state index contributed by atoms with van der Waals surface area (Å²) in [5, 5.41) is 18.5. The van der Waals surface area contributed by atoms with Crippen LogP contribution in [-0.4, -0.2) is 31.0 Å². The molecule has 0 saturated carbocycles. The molecular formula is C12H14ClNO3. The third kappa shape index (κ3) is 4.61. The van der Waals surface area contributed by atoms with Crippen LogP contribution in [0.5, 0.6) is 5.75 Å². The third-order valence-electron chi connectivity index (χ3n) is 2.02. The molecule has 0 aliphatic heterocycles. The van der Waals surface area contributed by atoms with E-state index in [0.717, 1.165) is 0 Å². The summed E-state index contributed by atoms with van der Waals surface area (Å²) in [4.78, 5) is 0. The highest BCUT2D eigenvalue weighted by molar-refractivity contribution is 6.31. The summed E-state index contributed by atoms with van der Waals surface area (Å²) in [6, 6.07) is 6.72. The maximum absolute atomic E-state index is 9.48. The Morgan fingerprint density at radius 2 is 2.24 bits per heavy atom. The average Bonchev–Trinajstić information content (AvgIpc) is 2.34. The van der Waals surface area contributed by atoms with Crippen LogP contribution in [0.4, 0.5) is 0 Å². The van der Waals surface area contributed by atoms with Gasteiger partial charge in [-0.1, -0.05) is 11.6 Å². The van der Waals surface area contributed by atoms with E-state index >= 15 is 0 Å². The lowest BCUT2D eigenvalue weighted by Crippen LogP contribution is -2.23. The summed E-state index contributed by atoms with van der Waals surface area (Å²) in [6.07, 6.45) is -0.677. The Bertz CT molecular complexity index is 403. The minimum atomic E-state index is -0.677. The van der Waals surface area contributed by atoms with Crippen LogP contribution in [0.1, 0.15) is 12.5 Å². The van der Waals surface area contributed by atoms with Crippen molar-refractivity contribution in [1.29, 1.82) is 5.26 Å². The van der Waals surface area contributed by atoms with Crippen LogP contribution in [0.2, 0.25) is 5.02 Å². The highest BCUT2D eigenvalue weighted by Crippen LogP contribution is 2.21. The van der Waals surface area contributed by atoms with E-state index in [1.807, 2.05) is 13.0 Å². The molecule has 1 unspecified atom stereocenters. The van der Waals surface area contributed by atoms with Gasteiger partial charge in [0.15, 0.2) is 0 Å². The first-order chi connectivity index (χ1) is 8.17. The lowest BCUT2D eigenvalue weighted by atomic mass is 10.2. The van der Waals surface area contributed by atoms with Gasteiger partial charge < -0.3 is 14.6 Å². The van der Waals surface area contributed by atoms with Gasteiger partial charge in [-0.3, -0.25) is 0 Å². The van der Waals surface area contributed by atoms with Crippen molar-refractivity contribution in [2.45, 2.75) is 13.0 Å². The van der Waals surface area contributed by atoms with E-state index in [9.17, 15) is 5.11 Å². The average molecular weight is 256 g/mol. The molecule has 1 aromatic carbocycles. The molecule has 0 heterocycles. The molecule has 1 N–H and O–H groups in total. The molecule has 92 valence electrons. The van der Waals surface area contributed by atoms with Gasteiger partial charge in [-0.2, -0.15) is 5.26 Å². The lowest BCUT2D eigenvalue weighted by Gasteiger charge is -2.12. The third-order valence-corrected chi connectivity index (χ3v) is 2.33. The molecule has 0 aromatic heterocycles. The number of nitrogens with zero attached hydrogens (tertiary/aromatic N) is 1. The molecule has 0 aliphatic carbocycles. The van der Waals surface area contributed by atoms with Crippen molar-refractivity contribution < 1.29 is 14.6 Å². The molecular weight excluding hydrogens is 242 g/mol. The molecule has 0 spiro atoms. The van der Waals surface area contributed by atoms with Crippen LogP contribution in [0.15, 0.2) is 18.2 Å². The zero-order valence-corrected chi connectivity index (χ0v) is 10.3. The van der Waals surface area contributed by atoms with Crippen LogP contribution >= 0.6 is 11.6 Å². The number of ether oxygens (including phenoxy) is 2. The summed E-state index contributed by atoms with van der Waals surface area (Å²) in [7, 11) is 0. The van der Waals surface area contributed by atoms with Crippen LogP contribution in [0.3, 0.4) is 0 Å². The zero-order chi connectivity index (χ0) is 12.7. The van der Waals surface area contributed by atoms with Crippen molar-refractivity contribution in [3.8, 4) is 11.8 Å². The Labute approximate surface area is 105 Å². The summed E-state index contributed by atoms with van der Waals surface area (Å²) in [6.45, 7) is 2.77. The summed E-state index contributed by atoms with van der Waals surface area (Å²) in [5.41, 5.74) is 0.397. The van der Waals surface area contributed by atoms with Gasteiger partial charge in [-0.05, 0) is 19.1 Å². The predicted molar refractivity (Wildman–Crippen MR) is 64.2 cm³/mol. The van der Waals surface area contributed by atoms with Crippen molar-refractivity contribution in [3.05, 3.63) is 28.8 Å². The molecule has 0 fully saturated rings. The van der Waals surface area contributed by atoms with Gasteiger partial charge in [0.2, 0.25) is 0 Å². The first kappa shape index (κ1) is 13.8. The van der Waals surface area contributed by atoms with E-state index in [2.05, 4.69) is 0 Å². The number of benzene rings is 1. The van der Waals surface area contributed by atoms with Crippen LogP contribution < -0.4 is 4.74 Å². The summed E-state index contributed by atoms with van der Waals surface area (Å²) < 4.78 is 10.4. The van der Waals surface area contributed by atoms with Gasteiger partial charge in [-0.15, -0.1) is 0 Å². The van der Waals surface area contributed by atoms with Gasteiger partial charge in [0.25, 0.3) is 0 Å². The minimum Gasteiger partial charge on any atom is -0.491 e. The van der Waals surface area contributed by atoms with Crippen molar-refractivity contribution >= 4 is 11.6 Å². The van der Waals surface area contributed by atoms with E-state index in [4.69, 9.17) is 26.3 Å². The largest absolute Gasteiger partial charge is 0.491 e. The Kier molecular flexibility index (Phi) is 5.78. The topological polar surface area (TPSA) is 62.5 Å². The Balaban J connectivity index is 2.47. The zero-order valence-electron chi connectivity index (χ0n) is 9.52. The molecule has 0 aliphatic rings. The van der Waals surface area contributed by atoms with Gasteiger partial charge >= 0.3 is 0 Å². The molecule has 0 amide bonds. The molecule has 1 aromatic rings. The van der Waals surface area contributed by atoms with Crippen molar-refractivity contribution in [3.63, 3.8) is 0 Å². The highest BCUT2D eigenvalue weighted by Gasteiger charge is 2.06. The van der Waals surface area contributed by atoms with Gasteiger partial charge in [0, 0.05) is 12.7 Å². The second-order valence-corrected chi connectivity index (χ2v) is 3.78. The smallest absolute Gasteiger partial charge is 0.121 e. The van der Waals surface area contributed by atoms with Crippen molar-refractivity contribution in [2.24, 2.45) is 0 Å². The monoisotopic (exact) mass is 255 g/mol. The second kappa shape index (κ2) is 7.13. The maximum atomic E-state index is 9.48. The fraction of sp³-hybridized carbons (Fsp3) is 0.417. The maximum Gasteiger partial charge on any atom is 0.121 e. The van der Waals surface area contributed by atoms with E-state index in [-0.39, 0.29) is 13.2 Å². The molecule has 4 nitrogen and oxygen atoms in total. The van der Waals surface area contributed by atoms with Crippen molar-refractivity contribution in [1.82, 2.24) is 0 Å². The molecule has 1 rings (SSSR count). The summed E-state index contributed by atoms with van der Waals surface area (Å²) in [5.74, 6) is 0.518. The predicted octanol–water partition coefficient (Wildman–Crippen LogP) is 1.99. The van der Waals surface area contributed by atoms with Gasteiger partial charge in [0.1, 0.15) is 24.5 Å². The van der Waals surface area contributed by atoms with E-state index in [0.29, 0.717) is 22.9 Å². The molecule has 17 heavy (non-hydrogen) atoms. The highest BCUT2D eigenvalue weighted by atomic mass is 35.5. The standard InChI is InChI=1S/C12H14ClNO3/c1-2-16-7-10(15)8-17-11-4-3-9(6-14)12(13)5-11/h3-5,10,15H,2,7-8H2,1H3. The Morgan fingerprint density at radius 1 is 1.47 bits per heavy atom. The molecule has 0 radical (unpaired) electrons. The first-order valence-corrected chi connectivity index (χ1v) is 5.63. The molecule has 0 saturated heterocycles. The van der Waals surface area contributed by atoms with Crippen LogP contribution in [0.25, 0.3) is 0 Å². The SMILES string of the molecule is CCOCC(O)COc1ccc(C#N)c(Cl)c1. The molecule has 0 bridgehead atoms. The van der Waals surface area contributed by atoms with E-state index in [1.165, 1.54) is 0 Å². The lowest BCUT2D eigenvalue weighted by molar-refractivity contribution is 0.0164. The first-order valence-electron chi connectivity index (χ1n) is 5.25. The van der Waals surface area contributed by atoms with E-state index < -0.39 is 6.10 Å². The number of halogens is 1. The van der Waals surface area contributed by atoms with E-state index in [1.54, 1.807) is 18.2 Å². The number of aliphatic hydroxyl groups excluding tert-OH is 1. The number of aliphatic hydroxyl groups is 1. The molecule has 1 atom stereocenters. The second-order valence-electron chi connectivity index (χ2n) is 3.38. The van der Waals surface area contributed by atoms with Crippen LogP contribution in [-0.2, 0) is 4.74 Å².